The molecule has 0 radical (unpaired) electrons. The van der Waals surface area contributed by atoms with Crippen molar-refractivity contribution in [2.75, 3.05) is 6.54 Å². The summed E-state index contributed by atoms with van der Waals surface area (Å²) in [5.74, 6) is -0.243. The van der Waals surface area contributed by atoms with Crippen LogP contribution in [-0.4, -0.2) is 38.6 Å². The van der Waals surface area contributed by atoms with E-state index in [2.05, 4.69) is 20.3 Å². The minimum Gasteiger partial charge on any atom is -0.393 e. The molecule has 0 bridgehead atoms. The molecule has 7 heteroatoms. The largest absolute Gasteiger partial charge is 0.393 e. The topological polar surface area (TPSA) is 88.0 Å². The Kier molecular flexibility index (Phi) is 4.53. The molecule has 0 spiro atoms. The van der Waals surface area contributed by atoms with Crippen molar-refractivity contribution in [2.24, 2.45) is 0 Å². The number of amides is 1. The SMILES string of the molecule is CC(O)CCNC(=O)c1csc(-c2cnccn2)n1. The van der Waals surface area contributed by atoms with Crippen LogP contribution in [0.3, 0.4) is 0 Å². The average Bonchev–Trinajstić information content (AvgIpc) is 2.89. The van der Waals surface area contributed by atoms with Gasteiger partial charge in [0.25, 0.3) is 5.91 Å². The third-order valence-electron chi connectivity index (χ3n) is 2.37. The Bertz CT molecular complexity index is 542. The van der Waals surface area contributed by atoms with Gasteiger partial charge >= 0.3 is 0 Å². The van der Waals surface area contributed by atoms with Crippen molar-refractivity contribution >= 4 is 17.2 Å². The zero-order chi connectivity index (χ0) is 13.7. The highest BCUT2D eigenvalue weighted by Crippen LogP contribution is 2.20. The first-order valence-corrected chi connectivity index (χ1v) is 6.73. The molecule has 100 valence electrons. The molecule has 0 saturated carbocycles. The molecular formula is C12H14N4O2S. The molecule has 2 rings (SSSR count). The van der Waals surface area contributed by atoms with E-state index in [1.54, 1.807) is 30.9 Å². The second-order valence-corrected chi connectivity index (χ2v) is 4.88. The van der Waals surface area contributed by atoms with Gasteiger partial charge in [-0.2, -0.15) is 0 Å². The molecule has 1 unspecified atom stereocenters. The highest BCUT2D eigenvalue weighted by atomic mass is 32.1. The molecule has 1 amide bonds. The zero-order valence-electron chi connectivity index (χ0n) is 10.4. The molecule has 2 aromatic rings. The lowest BCUT2D eigenvalue weighted by Gasteiger charge is -2.04. The summed E-state index contributed by atoms with van der Waals surface area (Å²) >= 11 is 1.35. The van der Waals surface area contributed by atoms with Crippen LogP contribution in [0.4, 0.5) is 0 Å². The van der Waals surface area contributed by atoms with Gasteiger partial charge in [0.2, 0.25) is 0 Å². The summed E-state index contributed by atoms with van der Waals surface area (Å²) in [6.45, 7) is 2.11. The van der Waals surface area contributed by atoms with Crippen LogP contribution in [0.1, 0.15) is 23.8 Å². The van der Waals surface area contributed by atoms with Crippen molar-refractivity contribution in [3.63, 3.8) is 0 Å². The van der Waals surface area contributed by atoms with E-state index in [1.165, 1.54) is 11.3 Å². The van der Waals surface area contributed by atoms with Crippen molar-refractivity contribution in [1.82, 2.24) is 20.3 Å². The van der Waals surface area contributed by atoms with E-state index in [-0.39, 0.29) is 5.91 Å². The Labute approximate surface area is 114 Å². The molecule has 0 aliphatic carbocycles. The van der Waals surface area contributed by atoms with Crippen LogP contribution in [0.5, 0.6) is 0 Å². The lowest BCUT2D eigenvalue weighted by atomic mass is 10.3. The van der Waals surface area contributed by atoms with Crippen LogP contribution >= 0.6 is 11.3 Å². The van der Waals surface area contributed by atoms with Crippen molar-refractivity contribution in [3.8, 4) is 10.7 Å². The number of aliphatic hydroxyl groups excluding tert-OH is 1. The fourth-order valence-corrected chi connectivity index (χ4v) is 2.15. The first kappa shape index (κ1) is 13.6. The van der Waals surface area contributed by atoms with Gasteiger partial charge in [0, 0.05) is 24.3 Å². The molecule has 0 aromatic carbocycles. The first-order chi connectivity index (χ1) is 9.16. The molecule has 1 atom stereocenters. The van der Waals surface area contributed by atoms with E-state index in [1.807, 2.05) is 0 Å². The minimum atomic E-state index is -0.425. The van der Waals surface area contributed by atoms with Gasteiger partial charge < -0.3 is 10.4 Å². The maximum atomic E-state index is 11.8. The Balaban J connectivity index is 1.99. The van der Waals surface area contributed by atoms with Gasteiger partial charge in [0.15, 0.2) is 0 Å². The minimum absolute atomic E-state index is 0.243. The number of nitrogens with zero attached hydrogens (tertiary/aromatic N) is 3. The van der Waals surface area contributed by atoms with E-state index in [9.17, 15) is 4.79 Å². The van der Waals surface area contributed by atoms with Crippen LogP contribution in [0.25, 0.3) is 10.7 Å². The van der Waals surface area contributed by atoms with Gasteiger partial charge in [-0.15, -0.1) is 11.3 Å². The molecule has 2 N–H and O–H groups in total. The van der Waals surface area contributed by atoms with Gasteiger partial charge in [-0.1, -0.05) is 0 Å². The summed E-state index contributed by atoms with van der Waals surface area (Å²) in [6.07, 6.45) is 4.87. The van der Waals surface area contributed by atoms with Gasteiger partial charge in [-0.3, -0.25) is 14.8 Å². The van der Waals surface area contributed by atoms with Crippen LogP contribution in [0.2, 0.25) is 0 Å². The van der Waals surface area contributed by atoms with E-state index < -0.39 is 6.10 Å². The van der Waals surface area contributed by atoms with Gasteiger partial charge in [0.1, 0.15) is 16.4 Å². The molecule has 2 heterocycles. The van der Waals surface area contributed by atoms with Gasteiger partial charge in [-0.05, 0) is 13.3 Å². The summed E-state index contributed by atoms with van der Waals surface area (Å²) in [4.78, 5) is 24.1. The number of rotatable bonds is 5. The number of thiazole rings is 1. The maximum absolute atomic E-state index is 11.8. The van der Waals surface area contributed by atoms with Crippen molar-refractivity contribution in [2.45, 2.75) is 19.4 Å². The standard InChI is InChI=1S/C12H14N4O2S/c1-8(17)2-3-15-11(18)10-7-19-12(16-10)9-6-13-4-5-14-9/h4-8,17H,2-3H2,1H3,(H,15,18). The molecule has 2 aromatic heterocycles. The molecule has 0 aliphatic heterocycles. The summed E-state index contributed by atoms with van der Waals surface area (Å²) < 4.78 is 0. The van der Waals surface area contributed by atoms with E-state index in [0.717, 1.165) is 0 Å². The third-order valence-corrected chi connectivity index (χ3v) is 3.23. The smallest absolute Gasteiger partial charge is 0.270 e. The zero-order valence-corrected chi connectivity index (χ0v) is 11.2. The van der Waals surface area contributed by atoms with E-state index >= 15 is 0 Å². The summed E-state index contributed by atoms with van der Waals surface area (Å²) in [6, 6.07) is 0. The number of hydrogen-bond acceptors (Lipinski definition) is 6. The number of carbonyl (C=O) groups is 1. The average molecular weight is 278 g/mol. The number of nitrogens with one attached hydrogen (secondary N) is 1. The highest BCUT2D eigenvalue weighted by molar-refractivity contribution is 7.13. The summed E-state index contributed by atoms with van der Waals surface area (Å²) in [5, 5.41) is 14.2. The number of aliphatic hydroxyl groups is 1. The van der Waals surface area contributed by atoms with Crippen molar-refractivity contribution in [1.29, 1.82) is 0 Å². The molecule has 0 saturated heterocycles. The maximum Gasteiger partial charge on any atom is 0.270 e. The Morgan fingerprint density at radius 3 is 3.05 bits per heavy atom. The molecular weight excluding hydrogens is 264 g/mol. The Morgan fingerprint density at radius 2 is 2.37 bits per heavy atom. The third kappa shape index (κ3) is 3.80. The van der Waals surface area contributed by atoms with Crippen LogP contribution in [0, 0.1) is 0 Å². The second kappa shape index (κ2) is 6.35. The lowest BCUT2D eigenvalue weighted by molar-refractivity contribution is 0.0941. The number of carbonyl (C=O) groups excluding carboxylic acids is 1. The normalized spacial score (nSPS) is 12.1. The lowest BCUT2D eigenvalue weighted by Crippen LogP contribution is -2.26. The molecule has 0 aliphatic rings. The Morgan fingerprint density at radius 1 is 1.53 bits per heavy atom. The predicted octanol–water partition coefficient (Wildman–Crippen LogP) is 1.10. The van der Waals surface area contributed by atoms with Crippen LogP contribution in [0.15, 0.2) is 24.0 Å². The van der Waals surface area contributed by atoms with Crippen LogP contribution < -0.4 is 5.32 Å². The van der Waals surface area contributed by atoms with E-state index in [4.69, 9.17) is 5.11 Å². The fourth-order valence-electron chi connectivity index (χ4n) is 1.39. The van der Waals surface area contributed by atoms with Crippen LogP contribution in [-0.2, 0) is 0 Å². The summed E-state index contributed by atoms with van der Waals surface area (Å²) in [5.41, 5.74) is 1.01. The Hall–Kier alpha value is -1.86. The number of hydrogen-bond donors (Lipinski definition) is 2. The van der Waals surface area contributed by atoms with Crippen molar-refractivity contribution < 1.29 is 9.90 Å². The van der Waals surface area contributed by atoms with Gasteiger partial charge in [0.05, 0.1) is 12.3 Å². The first-order valence-electron chi connectivity index (χ1n) is 5.85. The monoisotopic (exact) mass is 278 g/mol. The second-order valence-electron chi connectivity index (χ2n) is 4.02. The summed E-state index contributed by atoms with van der Waals surface area (Å²) in [7, 11) is 0. The highest BCUT2D eigenvalue weighted by Gasteiger charge is 2.12. The predicted molar refractivity (Wildman–Crippen MR) is 71.8 cm³/mol. The van der Waals surface area contributed by atoms with E-state index in [0.29, 0.717) is 29.4 Å². The quantitative estimate of drug-likeness (QED) is 0.855. The number of aromatic nitrogens is 3. The fraction of sp³-hybridized carbons (Fsp3) is 0.333. The molecule has 0 fully saturated rings. The molecule has 19 heavy (non-hydrogen) atoms. The van der Waals surface area contributed by atoms with Crippen molar-refractivity contribution in [3.05, 3.63) is 29.7 Å². The molecule has 6 nitrogen and oxygen atoms in total. The van der Waals surface area contributed by atoms with Gasteiger partial charge in [-0.25, -0.2) is 4.98 Å².